The molecular formula is C15H26N4O2. The lowest BCUT2D eigenvalue weighted by Gasteiger charge is -2.31. The van der Waals surface area contributed by atoms with Crippen molar-refractivity contribution in [3.05, 3.63) is 12.4 Å². The summed E-state index contributed by atoms with van der Waals surface area (Å²) in [5, 5.41) is 17.0. The molecule has 1 aromatic heterocycles. The van der Waals surface area contributed by atoms with Crippen LogP contribution >= 0.6 is 0 Å². The number of anilines is 1. The number of aryl methyl sites for hydroxylation is 1. The number of hydrogen-bond acceptors (Lipinski definition) is 3. The number of nitrogens with zero attached hydrogens (tertiary/aromatic N) is 3. The van der Waals surface area contributed by atoms with E-state index in [2.05, 4.69) is 17.3 Å². The number of urea groups is 1. The Morgan fingerprint density at radius 2 is 2.29 bits per heavy atom. The second-order valence-corrected chi connectivity index (χ2v) is 5.91. The van der Waals surface area contributed by atoms with E-state index in [0.29, 0.717) is 12.2 Å². The van der Waals surface area contributed by atoms with Crippen LogP contribution in [0.1, 0.15) is 39.0 Å². The summed E-state index contributed by atoms with van der Waals surface area (Å²) in [7, 11) is 1.77. The molecule has 2 N–H and O–H groups in total. The van der Waals surface area contributed by atoms with E-state index < -0.39 is 0 Å². The maximum absolute atomic E-state index is 12.2. The van der Waals surface area contributed by atoms with Gasteiger partial charge in [-0.3, -0.25) is 4.68 Å². The molecule has 0 bridgehead atoms. The summed E-state index contributed by atoms with van der Waals surface area (Å²) >= 11 is 0. The largest absolute Gasteiger partial charge is 0.393 e. The van der Waals surface area contributed by atoms with Crippen LogP contribution in [0.5, 0.6) is 0 Å². The molecule has 1 aliphatic carbocycles. The van der Waals surface area contributed by atoms with Crippen molar-refractivity contribution in [1.29, 1.82) is 0 Å². The van der Waals surface area contributed by atoms with Crippen LogP contribution in [-0.2, 0) is 6.54 Å². The van der Waals surface area contributed by atoms with Gasteiger partial charge in [-0.25, -0.2) is 4.79 Å². The zero-order chi connectivity index (χ0) is 15.2. The molecular weight excluding hydrogens is 268 g/mol. The van der Waals surface area contributed by atoms with Crippen molar-refractivity contribution in [1.82, 2.24) is 14.7 Å². The lowest BCUT2D eigenvalue weighted by Crippen LogP contribution is -2.39. The van der Waals surface area contributed by atoms with Crippen LogP contribution < -0.4 is 5.32 Å². The normalized spacial score (nSPS) is 22.0. The Labute approximate surface area is 126 Å². The molecule has 1 heterocycles. The van der Waals surface area contributed by atoms with Gasteiger partial charge in [0.15, 0.2) is 0 Å². The fraction of sp³-hybridized carbons (Fsp3) is 0.733. The molecule has 1 aromatic rings. The highest BCUT2D eigenvalue weighted by molar-refractivity contribution is 5.88. The highest BCUT2D eigenvalue weighted by Crippen LogP contribution is 2.25. The van der Waals surface area contributed by atoms with Crippen LogP contribution in [0.25, 0.3) is 0 Å². The molecule has 21 heavy (non-hydrogen) atoms. The van der Waals surface area contributed by atoms with Crippen molar-refractivity contribution in [3.8, 4) is 0 Å². The van der Waals surface area contributed by atoms with Crippen LogP contribution in [0.15, 0.2) is 12.4 Å². The molecule has 0 aliphatic heterocycles. The fourth-order valence-electron chi connectivity index (χ4n) is 2.83. The first-order valence-corrected chi connectivity index (χ1v) is 7.82. The Hall–Kier alpha value is -1.56. The van der Waals surface area contributed by atoms with Gasteiger partial charge in [-0.1, -0.05) is 19.8 Å². The predicted molar refractivity (Wildman–Crippen MR) is 82.1 cm³/mol. The quantitative estimate of drug-likeness (QED) is 0.875. The van der Waals surface area contributed by atoms with Crippen molar-refractivity contribution in [2.45, 2.75) is 51.7 Å². The third-order valence-electron chi connectivity index (χ3n) is 4.06. The standard InChI is InChI=1S/C15H26N4O2/c1-3-8-19-11-13(9-16-19)17-15(21)18(2)10-12-6-4-5-7-14(12)20/h9,11-12,14,20H,3-8,10H2,1-2H3,(H,17,21)/t12-,14-/m0/s1. The van der Waals surface area contributed by atoms with Gasteiger partial charge in [-0.2, -0.15) is 5.10 Å². The van der Waals surface area contributed by atoms with E-state index >= 15 is 0 Å². The van der Waals surface area contributed by atoms with E-state index in [0.717, 1.165) is 38.6 Å². The zero-order valence-corrected chi connectivity index (χ0v) is 13.0. The number of nitrogens with one attached hydrogen (secondary N) is 1. The minimum atomic E-state index is -0.277. The van der Waals surface area contributed by atoms with Crippen molar-refractivity contribution < 1.29 is 9.90 Å². The van der Waals surface area contributed by atoms with E-state index in [9.17, 15) is 9.90 Å². The smallest absolute Gasteiger partial charge is 0.321 e. The van der Waals surface area contributed by atoms with Gasteiger partial charge in [-0.15, -0.1) is 0 Å². The number of rotatable bonds is 5. The summed E-state index contributed by atoms with van der Waals surface area (Å²) in [6, 6.07) is -0.149. The van der Waals surface area contributed by atoms with E-state index in [1.54, 1.807) is 18.1 Å². The first-order chi connectivity index (χ1) is 10.1. The van der Waals surface area contributed by atoms with Gasteiger partial charge >= 0.3 is 6.03 Å². The van der Waals surface area contributed by atoms with Gasteiger partial charge in [0.2, 0.25) is 0 Å². The van der Waals surface area contributed by atoms with Gasteiger partial charge in [0, 0.05) is 32.3 Å². The number of aromatic nitrogens is 2. The molecule has 2 atom stereocenters. The molecule has 118 valence electrons. The van der Waals surface area contributed by atoms with E-state index in [1.165, 1.54) is 0 Å². The molecule has 1 fully saturated rings. The molecule has 6 heteroatoms. The predicted octanol–water partition coefficient (Wildman–Crippen LogP) is 2.31. The van der Waals surface area contributed by atoms with E-state index in [-0.39, 0.29) is 18.1 Å². The maximum Gasteiger partial charge on any atom is 0.321 e. The maximum atomic E-state index is 12.2. The minimum absolute atomic E-state index is 0.149. The Kier molecular flexibility index (Phi) is 5.61. The minimum Gasteiger partial charge on any atom is -0.393 e. The van der Waals surface area contributed by atoms with Crippen molar-refractivity contribution in [2.75, 3.05) is 18.9 Å². The van der Waals surface area contributed by atoms with Gasteiger partial charge < -0.3 is 15.3 Å². The molecule has 0 aromatic carbocycles. The van der Waals surface area contributed by atoms with Crippen molar-refractivity contribution in [3.63, 3.8) is 0 Å². The van der Waals surface area contributed by atoms with Crippen LogP contribution in [0.3, 0.4) is 0 Å². The Balaban J connectivity index is 1.83. The molecule has 0 unspecified atom stereocenters. The van der Waals surface area contributed by atoms with Crippen LogP contribution in [-0.4, -0.2) is 45.5 Å². The second kappa shape index (κ2) is 7.45. The summed E-state index contributed by atoms with van der Waals surface area (Å²) in [6.07, 6.45) is 8.31. The molecule has 1 saturated carbocycles. The number of aliphatic hydroxyl groups is 1. The second-order valence-electron chi connectivity index (χ2n) is 5.91. The number of carbonyl (C=O) groups is 1. The Morgan fingerprint density at radius 3 is 3.00 bits per heavy atom. The van der Waals surface area contributed by atoms with Crippen molar-refractivity contribution in [2.24, 2.45) is 5.92 Å². The molecule has 1 aliphatic rings. The Morgan fingerprint density at radius 1 is 1.52 bits per heavy atom. The highest BCUT2D eigenvalue weighted by atomic mass is 16.3. The SMILES string of the molecule is CCCn1cc(NC(=O)N(C)C[C@@H]2CCCC[C@@H]2O)cn1. The van der Waals surface area contributed by atoms with E-state index in [4.69, 9.17) is 0 Å². The zero-order valence-electron chi connectivity index (χ0n) is 13.0. The third-order valence-corrected chi connectivity index (χ3v) is 4.06. The summed E-state index contributed by atoms with van der Waals surface area (Å²) in [6.45, 7) is 3.53. The lowest BCUT2D eigenvalue weighted by molar-refractivity contribution is 0.0575. The number of hydrogen-bond donors (Lipinski definition) is 2. The first-order valence-electron chi connectivity index (χ1n) is 7.82. The average molecular weight is 294 g/mol. The number of amides is 2. The molecule has 6 nitrogen and oxygen atoms in total. The summed E-state index contributed by atoms with van der Waals surface area (Å²) in [5.74, 6) is 0.192. The topological polar surface area (TPSA) is 70.4 Å². The first kappa shape index (κ1) is 15.8. The lowest BCUT2D eigenvalue weighted by atomic mass is 9.86. The van der Waals surface area contributed by atoms with Crippen LogP contribution in [0.4, 0.5) is 10.5 Å². The monoisotopic (exact) mass is 294 g/mol. The molecule has 2 rings (SSSR count). The summed E-state index contributed by atoms with van der Waals surface area (Å²) < 4.78 is 1.82. The van der Waals surface area contributed by atoms with E-state index in [1.807, 2.05) is 10.9 Å². The van der Waals surface area contributed by atoms with Gasteiger partial charge in [0.25, 0.3) is 0 Å². The number of aliphatic hydroxyl groups excluding tert-OH is 1. The third kappa shape index (κ3) is 4.46. The summed E-state index contributed by atoms with van der Waals surface area (Å²) in [5.41, 5.74) is 0.712. The average Bonchev–Trinajstić information content (AvgIpc) is 2.89. The van der Waals surface area contributed by atoms with Gasteiger partial charge in [0.05, 0.1) is 18.0 Å². The fourth-order valence-corrected chi connectivity index (χ4v) is 2.83. The summed E-state index contributed by atoms with van der Waals surface area (Å²) in [4.78, 5) is 13.8. The van der Waals surface area contributed by atoms with Gasteiger partial charge in [-0.05, 0) is 19.3 Å². The molecule has 2 amide bonds. The molecule has 0 radical (unpaired) electrons. The Bertz CT molecular complexity index is 460. The van der Waals surface area contributed by atoms with Crippen LogP contribution in [0, 0.1) is 5.92 Å². The number of carbonyl (C=O) groups excluding carboxylic acids is 1. The van der Waals surface area contributed by atoms with Gasteiger partial charge in [0.1, 0.15) is 0 Å². The van der Waals surface area contributed by atoms with Crippen molar-refractivity contribution >= 4 is 11.7 Å². The molecule has 0 saturated heterocycles. The van der Waals surface area contributed by atoms with Crippen LogP contribution in [0.2, 0.25) is 0 Å². The molecule has 0 spiro atoms. The highest BCUT2D eigenvalue weighted by Gasteiger charge is 2.25.